The van der Waals surface area contributed by atoms with Gasteiger partial charge in [0.1, 0.15) is 11.9 Å². The van der Waals surface area contributed by atoms with E-state index in [1.807, 2.05) is 24.3 Å². The third-order valence-corrected chi connectivity index (χ3v) is 2.30. The molecule has 1 atom stereocenters. The summed E-state index contributed by atoms with van der Waals surface area (Å²) in [6.07, 6.45) is -0.222. The van der Waals surface area contributed by atoms with Gasteiger partial charge < -0.3 is 21.1 Å². The van der Waals surface area contributed by atoms with Gasteiger partial charge in [-0.3, -0.25) is 0 Å². The van der Waals surface area contributed by atoms with E-state index in [1.54, 1.807) is 0 Å². The SMILES string of the molecule is NC(=S)N[C@H]1NC(=S)Oc2ccccc21. The summed E-state index contributed by atoms with van der Waals surface area (Å²) in [5.74, 6) is 0.718. The first kappa shape index (κ1) is 10.1. The average Bonchev–Trinajstić information content (AvgIpc) is 2.16. The maximum Gasteiger partial charge on any atom is 0.264 e. The van der Waals surface area contributed by atoms with Crippen molar-refractivity contribution in [2.75, 3.05) is 0 Å². The van der Waals surface area contributed by atoms with Crippen LogP contribution in [0.3, 0.4) is 0 Å². The van der Waals surface area contributed by atoms with Gasteiger partial charge in [-0.1, -0.05) is 18.2 Å². The van der Waals surface area contributed by atoms with E-state index in [0.29, 0.717) is 5.17 Å². The molecule has 0 amide bonds. The molecule has 0 fully saturated rings. The third-order valence-electron chi connectivity index (χ3n) is 1.98. The fourth-order valence-electron chi connectivity index (χ4n) is 1.39. The zero-order valence-corrected chi connectivity index (χ0v) is 9.32. The molecule has 0 radical (unpaired) electrons. The first-order valence-corrected chi connectivity index (χ1v) is 5.12. The molecule has 0 unspecified atom stereocenters. The maximum atomic E-state index is 5.42. The van der Waals surface area contributed by atoms with Crippen LogP contribution in [0.15, 0.2) is 24.3 Å². The molecule has 6 heteroatoms. The summed E-state index contributed by atoms with van der Waals surface area (Å²) in [5.41, 5.74) is 6.35. The first-order chi connectivity index (χ1) is 7.16. The molecule has 15 heavy (non-hydrogen) atoms. The number of nitrogens with two attached hydrogens (primary N) is 1. The summed E-state index contributed by atoms with van der Waals surface area (Å²) in [6, 6.07) is 7.55. The molecular formula is C9H9N3OS2. The molecule has 1 aliphatic heterocycles. The van der Waals surface area contributed by atoms with Gasteiger partial charge in [-0.25, -0.2) is 0 Å². The van der Waals surface area contributed by atoms with E-state index in [-0.39, 0.29) is 11.3 Å². The van der Waals surface area contributed by atoms with E-state index in [4.69, 9.17) is 34.9 Å². The van der Waals surface area contributed by atoms with Gasteiger partial charge in [0.2, 0.25) is 0 Å². The van der Waals surface area contributed by atoms with Gasteiger partial charge >= 0.3 is 0 Å². The highest BCUT2D eigenvalue weighted by molar-refractivity contribution is 7.80. The average molecular weight is 239 g/mol. The number of fused-ring (bicyclic) bond motifs is 1. The Kier molecular flexibility index (Phi) is 2.70. The molecule has 1 aliphatic rings. The van der Waals surface area contributed by atoms with Crippen LogP contribution in [0.1, 0.15) is 11.7 Å². The maximum absolute atomic E-state index is 5.42. The number of benzene rings is 1. The van der Waals surface area contributed by atoms with E-state index in [9.17, 15) is 0 Å². The monoisotopic (exact) mass is 239 g/mol. The van der Waals surface area contributed by atoms with Crippen LogP contribution in [0.4, 0.5) is 0 Å². The van der Waals surface area contributed by atoms with Gasteiger partial charge in [0, 0.05) is 5.56 Å². The van der Waals surface area contributed by atoms with Crippen LogP contribution in [-0.4, -0.2) is 10.3 Å². The summed E-state index contributed by atoms with van der Waals surface area (Å²) < 4.78 is 5.34. The van der Waals surface area contributed by atoms with E-state index in [1.165, 1.54) is 0 Å². The topological polar surface area (TPSA) is 59.3 Å². The van der Waals surface area contributed by atoms with Crippen LogP contribution in [0.25, 0.3) is 0 Å². The number of thiocarbonyl (C=S) groups is 2. The number of para-hydroxylation sites is 1. The fourth-order valence-corrected chi connectivity index (χ4v) is 1.72. The van der Waals surface area contributed by atoms with Crippen molar-refractivity contribution in [3.05, 3.63) is 29.8 Å². The van der Waals surface area contributed by atoms with E-state index in [2.05, 4.69) is 10.6 Å². The number of nitrogens with one attached hydrogen (secondary N) is 2. The fraction of sp³-hybridized carbons (Fsp3) is 0.111. The highest BCUT2D eigenvalue weighted by Crippen LogP contribution is 2.27. The summed E-state index contributed by atoms with van der Waals surface area (Å²) >= 11 is 9.74. The Labute approximate surface area is 97.8 Å². The largest absolute Gasteiger partial charge is 0.431 e. The molecule has 78 valence electrons. The standard InChI is InChI=1S/C9H9N3OS2/c10-8(14)11-7-5-3-1-2-4-6(5)13-9(15)12-7/h1-4,7H,(H,12,15)(H3,10,11,14)/t7-/m0/s1. The van der Waals surface area contributed by atoms with Crippen molar-refractivity contribution in [2.24, 2.45) is 5.73 Å². The van der Waals surface area contributed by atoms with Crippen LogP contribution < -0.4 is 21.1 Å². The number of rotatable bonds is 1. The minimum absolute atomic E-state index is 0.215. The Morgan fingerprint density at radius 2 is 2.20 bits per heavy atom. The Balaban J connectivity index is 2.33. The predicted molar refractivity (Wildman–Crippen MR) is 65.5 cm³/mol. The van der Waals surface area contributed by atoms with Crippen molar-refractivity contribution in [1.82, 2.24) is 10.6 Å². The normalized spacial score (nSPS) is 18.4. The lowest BCUT2D eigenvalue weighted by Gasteiger charge is -2.28. The quantitative estimate of drug-likeness (QED) is 0.630. The lowest BCUT2D eigenvalue weighted by atomic mass is 10.1. The van der Waals surface area contributed by atoms with Crippen molar-refractivity contribution < 1.29 is 4.74 Å². The molecule has 4 nitrogen and oxygen atoms in total. The van der Waals surface area contributed by atoms with Crippen LogP contribution in [0.2, 0.25) is 0 Å². The van der Waals surface area contributed by atoms with E-state index in [0.717, 1.165) is 11.3 Å². The number of hydrogen-bond donors (Lipinski definition) is 3. The predicted octanol–water partition coefficient (Wildman–Crippen LogP) is 0.785. The smallest absolute Gasteiger partial charge is 0.264 e. The van der Waals surface area contributed by atoms with Crippen molar-refractivity contribution in [2.45, 2.75) is 6.17 Å². The van der Waals surface area contributed by atoms with Gasteiger partial charge in [-0.15, -0.1) is 0 Å². The molecule has 1 heterocycles. The van der Waals surface area contributed by atoms with Crippen molar-refractivity contribution in [3.8, 4) is 5.75 Å². The first-order valence-electron chi connectivity index (χ1n) is 4.30. The van der Waals surface area contributed by atoms with Gasteiger partial charge in [0.05, 0.1) is 0 Å². The summed E-state index contributed by atoms with van der Waals surface area (Å²) in [7, 11) is 0. The van der Waals surface area contributed by atoms with Crippen molar-refractivity contribution in [1.29, 1.82) is 0 Å². The summed E-state index contributed by atoms with van der Waals surface area (Å²) in [6.45, 7) is 0. The Morgan fingerprint density at radius 3 is 2.93 bits per heavy atom. The second kappa shape index (κ2) is 4.00. The summed E-state index contributed by atoms with van der Waals surface area (Å²) in [4.78, 5) is 0. The highest BCUT2D eigenvalue weighted by Gasteiger charge is 2.23. The lowest BCUT2D eigenvalue weighted by Crippen LogP contribution is -2.46. The lowest BCUT2D eigenvalue weighted by molar-refractivity contribution is 0.441. The van der Waals surface area contributed by atoms with E-state index < -0.39 is 0 Å². The Bertz CT molecular complexity index is 422. The van der Waals surface area contributed by atoms with Crippen LogP contribution >= 0.6 is 24.4 Å². The summed E-state index contributed by atoms with van der Waals surface area (Å²) in [5, 5.41) is 6.36. The van der Waals surface area contributed by atoms with Crippen molar-refractivity contribution in [3.63, 3.8) is 0 Å². The Morgan fingerprint density at radius 1 is 1.47 bits per heavy atom. The second-order valence-corrected chi connectivity index (χ2v) is 3.82. The molecule has 0 aliphatic carbocycles. The zero-order chi connectivity index (χ0) is 10.8. The molecule has 2 rings (SSSR count). The highest BCUT2D eigenvalue weighted by atomic mass is 32.1. The van der Waals surface area contributed by atoms with Crippen LogP contribution in [-0.2, 0) is 0 Å². The van der Waals surface area contributed by atoms with Gasteiger partial charge in [0.15, 0.2) is 5.11 Å². The molecule has 4 N–H and O–H groups in total. The molecule has 0 saturated heterocycles. The van der Waals surface area contributed by atoms with Crippen LogP contribution in [0, 0.1) is 0 Å². The molecule has 0 spiro atoms. The Hall–Kier alpha value is -1.40. The molecule has 0 bridgehead atoms. The van der Waals surface area contributed by atoms with Gasteiger partial charge in [-0.05, 0) is 30.5 Å². The molecule has 0 saturated carbocycles. The molecular weight excluding hydrogens is 230 g/mol. The number of ether oxygens (including phenoxy) is 1. The van der Waals surface area contributed by atoms with Gasteiger partial charge in [-0.2, -0.15) is 0 Å². The zero-order valence-electron chi connectivity index (χ0n) is 7.69. The minimum atomic E-state index is -0.222. The van der Waals surface area contributed by atoms with Crippen LogP contribution in [0.5, 0.6) is 5.75 Å². The molecule has 1 aromatic rings. The van der Waals surface area contributed by atoms with Gasteiger partial charge in [0.25, 0.3) is 5.17 Å². The molecule has 1 aromatic carbocycles. The second-order valence-electron chi connectivity index (χ2n) is 3.01. The third kappa shape index (κ3) is 2.16. The molecule has 0 aromatic heterocycles. The van der Waals surface area contributed by atoms with Crippen molar-refractivity contribution >= 4 is 34.7 Å². The minimum Gasteiger partial charge on any atom is -0.431 e. The number of hydrogen-bond acceptors (Lipinski definition) is 3. The van der Waals surface area contributed by atoms with E-state index >= 15 is 0 Å².